The van der Waals surface area contributed by atoms with Crippen LogP contribution in [0.4, 0.5) is 0 Å². The molecule has 1 aromatic heterocycles. The van der Waals surface area contributed by atoms with Gasteiger partial charge in [0.25, 0.3) is 0 Å². The highest BCUT2D eigenvalue weighted by molar-refractivity contribution is 7.89. The average Bonchev–Trinajstić information content (AvgIpc) is 2.48. The van der Waals surface area contributed by atoms with Gasteiger partial charge in [0, 0.05) is 6.20 Å². The van der Waals surface area contributed by atoms with Gasteiger partial charge < -0.3 is 5.11 Å². The molecule has 0 amide bonds. The van der Waals surface area contributed by atoms with Gasteiger partial charge in [-0.05, 0) is 25.0 Å². The first-order chi connectivity index (χ1) is 9.51. The van der Waals surface area contributed by atoms with Crippen LogP contribution in [0, 0.1) is 11.3 Å². The van der Waals surface area contributed by atoms with Gasteiger partial charge in [-0.15, -0.1) is 0 Å². The van der Waals surface area contributed by atoms with Gasteiger partial charge in [-0.3, -0.25) is 0 Å². The lowest BCUT2D eigenvalue weighted by Gasteiger charge is -2.35. The van der Waals surface area contributed by atoms with E-state index in [1.165, 1.54) is 12.1 Å². The molecule has 0 aliphatic heterocycles. The molecule has 0 saturated heterocycles. The summed E-state index contributed by atoms with van der Waals surface area (Å²) >= 11 is 0. The molecular weight excluding hydrogens is 278 g/mol. The number of aliphatic hydroxyl groups excluding tert-OH is 1. The van der Waals surface area contributed by atoms with E-state index >= 15 is 0 Å². The molecule has 7 heteroatoms. The van der Waals surface area contributed by atoms with Crippen molar-refractivity contribution in [1.29, 1.82) is 5.26 Å². The van der Waals surface area contributed by atoms with Crippen molar-refractivity contribution in [2.75, 3.05) is 6.61 Å². The van der Waals surface area contributed by atoms with Gasteiger partial charge in [0.2, 0.25) is 10.0 Å². The van der Waals surface area contributed by atoms with E-state index in [1.807, 2.05) is 6.07 Å². The maximum Gasteiger partial charge on any atom is 0.242 e. The molecule has 0 spiro atoms. The third-order valence-electron chi connectivity index (χ3n) is 3.63. The van der Waals surface area contributed by atoms with E-state index < -0.39 is 15.6 Å². The summed E-state index contributed by atoms with van der Waals surface area (Å²) in [5.74, 6) is 0. The lowest BCUT2D eigenvalue weighted by Crippen LogP contribution is -2.52. The van der Waals surface area contributed by atoms with Crippen LogP contribution < -0.4 is 4.72 Å². The van der Waals surface area contributed by atoms with Crippen LogP contribution in [-0.4, -0.2) is 30.7 Å². The highest BCUT2D eigenvalue weighted by atomic mass is 32.2. The van der Waals surface area contributed by atoms with Gasteiger partial charge in [0.1, 0.15) is 16.7 Å². The summed E-state index contributed by atoms with van der Waals surface area (Å²) in [7, 11) is -3.74. The standard InChI is InChI=1S/C13H17N3O3S/c14-8-11-4-5-12(9-15-11)20(18,19)16-13(10-17)6-2-1-3-7-13/h4-5,9,16-17H,1-3,6-7,10H2. The molecule has 0 unspecified atom stereocenters. The predicted molar refractivity (Wildman–Crippen MR) is 72.2 cm³/mol. The van der Waals surface area contributed by atoms with E-state index in [0.717, 1.165) is 25.5 Å². The summed E-state index contributed by atoms with van der Waals surface area (Å²) in [6.45, 7) is -0.212. The molecule has 0 atom stereocenters. The summed E-state index contributed by atoms with van der Waals surface area (Å²) in [4.78, 5) is 3.77. The Kier molecular flexibility index (Phi) is 4.38. The van der Waals surface area contributed by atoms with Crippen molar-refractivity contribution >= 4 is 10.0 Å². The molecule has 0 radical (unpaired) electrons. The van der Waals surface area contributed by atoms with E-state index in [9.17, 15) is 13.5 Å². The van der Waals surface area contributed by atoms with Crippen LogP contribution in [0.3, 0.4) is 0 Å². The normalized spacial score (nSPS) is 18.4. The van der Waals surface area contributed by atoms with E-state index in [4.69, 9.17) is 5.26 Å². The Hall–Kier alpha value is -1.49. The molecule has 1 aromatic rings. The van der Waals surface area contributed by atoms with Gasteiger partial charge >= 0.3 is 0 Å². The van der Waals surface area contributed by atoms with Crippen LogP contribution >= 0.6 is 0 Å². The Balaban J connectivity index is 2.23. The summed E-state index contributed by atoms with van der Waals surface area (Å²) in [5.41, 5.74) is -0.608. The van der Waals surface area contributed by atoms with Gasteiger partial charge in [-0.25, -0.2) is 18.1 Å². The van der Waals surface area contributed by atoms with Crippen molar-refractivity contribution in [2.45, 2.75) is 42.5 Å². The van der Waals surface area contributed by atoms with Crippen LogP contribution in [0.15, 0.2) is 23.2 Å². The van der Waals surface area contributed by atoms with E-state index in [2.05, 4.69) is 9.71 Å². The first kappa shape index (κ1) is 14.9. The molecule has 2 N–H and O–H groups in total. The monoisotopic (exact) mass is 295 g/mol. The Morgan fingerprint density at radius 3 is 2.55 bits per heavy atom. The van der Waals surface area contributed by atoms with E-state index in [1.54, 1.807) is 0 Å². The van der Waals surface area contributed by atoms with E-state index in [0.29, 0.717) is 12.8 Å². The van der Waals surface area contributed by atoms with Gasteiger partial charge in [-0.2, -0.15) is 5.26 Å². The number of pyridine rings is 1. The molecule has 2 rings (SSSR count). The topological polar surface area (TPSA) is 103 Å². The summed E-state index contributed by atoms with van der Waals surface area (Å²) in [6, 6.07) is 4.55. The fraction of sp³-hybridized carbons (Fsp3) is 0.538. The Morgan fingerprint density at radius 1 is 1.35 bits per heavy atom. The molecule has 1 heterocycles. The number of aromatic nitrogens is 1. The fourth-order valence-electron chi connectivity index (χ4n) is 2.47. The van der Waals surface area contributed by atoms with Gasteiger partial charge in [0.15, 0.2) is 0 Å². The molecule has 20 heavy (non-hydrogen) atoms. The second kappa shape index (κ2) is 5.87. The number of hydrogen-bond acceptors (Lipinski definition) is 5. The molecule has 0 bridgehead atoms. The quantitative estimate of drug-likeness (QED) is 0.860. The fourth-order valence-corrected chi connectivity index (χ4v) is 3.87. The predicted octanol–water partition coefficient (Wildman–Crippen LogP) is 0.927. The molecule has 1 aliphatic rings. The van der Waals surface area contributed by atoms with Crippen molar-refractivity contribution in [2.24, 2.45) is 0 Å². The summed E-state index contributed by atoms with van der Waals surface area (Å²) < 4.78 is 27.2. The second-order valence-corrected chi connectivity index (χ2v) is 6.78. The molecular formula is C13H17N3O3S. The highest BCUT2D eigenvalue weighted by Crippen LogP contribution is 2.29. The maximum absolute atomic E-state index is 12.3. The zero-order chi connectivity index (χ0) is 14.6. The average molecular weight is 295 g/mol. The maximum atomic E-state index is 12.3. The van der Waals surface area contributed by atoms with Crippen LogP contribution in [0.25, 0.3) is 0 Å². The SMILES string of the molecule is N#Cc1ccc(S(=O)(=O)NC2(CO)CCCCC2)cn1. The van der Waals surface area contributed by atoms with Crippen molar-refractivity contribution in [3.63, 3.8) is 0 Å². The lowest BCUT2D eigenvalue weighted by atomic mass is 9.83. The first-order valence-electron chi connectivity index (χ1n) is 6.52. The third kappa shape index (κ3) is 3.15. The van der Waals surface area contributed by atoms with Crippen LogP contribution in [-0.2, 0) is 10.0 Å². The smallest absolute Gasteiger partial charge is 0.242 e. The number of hydrogen-bond donors (Lipinski definition) is 2. The van der Waals surface area contributed by atoms with E-state index in [-0.39, 0.29) is 17.2 Å². The number of sulfonamides is 1. The van der Waals surface area contributed by atoms with Crippen LogP contribution in [0.1, 0.15) is 37.8 Å². The van der Waals surface area contributed by atoms with Crippen molar-refractivity contribution in [3.8, 4) is 6.07 Å². The lowest BCUT2D eigenvalue weighted by molar-refractivity contribution is 0.142. The molecule has 1 aliphatic carbocycles. The minimum atomic E-state index is -3.74. The molecule has 1 saturated carbocycles. The van der Waals surface area contributed by atoms with Crippen LogP contribution in [0.5, 0.6) is 0 Å². The summed E-state index contributed by atoms with van der Waals surface area (Å²) in [5, 5.41) is 18.2. The number of aliphatic hydroxyl groups is 1. The van der Waals surface area contributed by atoms with Crippen molar-refractivity contribution in [1.82, 2.24) is 9.71 Å². The minimum absolute atomic E-state index is 0.00917. The molecule has 6 nitrogen and oxygen atoms in total. The van der Waals surface area contributed by atoms with Gasteiger partial charge in [0.05, 0.1) is 12.1 Å². The largest absolute Gasteiger partial charge is 0.394 e. The Bertz CT molecular complexity index is 599. The summed E-state index contributed by atoms with van der Waals surface area (Å²) in [6.07, 6.45) is 5.28. The second-order valence-electron chi connectivity index (χ2n) is 5.10. The number of nitrogens with zero attached hydrogens (tertiary/aromatic N) is 2. The Labute approximate surface area is 118 Å². The molecule has 1 fully saturated rings. The molecule has 0 aromatic carbocycles. The van der Waals surface area contributed by atoms with Crippen LogP contribution in [0.2, 0.25) is 0 Å². The zero-order valence-corrected chi connectivity index (χ0v) is 11.9. The number of nitrogens with one attached hydrogen (secondary N) is 1. The third-order valence-corrected chi connectivity index (χ3v) is 5.19. The molecule has 108 valence electrons. The van der Waals surface area contributed by atoms with Gasteiger partial charge in [-0.1, -0.05) is 19.3 Å². The van der Waals surface area contributed by atoms with Crippen molar-refractivity contribution in [3.05, 3.63) is 24.0 Å². The number of rotatable bonds is 4. The van der Waals surface area contributed by atoms with Crippen molar-refractivity contribution < 1.29 is 13.5 Å². The highest BCUT2D eigenvalue weighted by Gasteiger charge is 2.36. The Morgan fingerprint density at radius 2 is 2.05 bits per heavy atom. The minimum Gasteiger partial charge on any atom is -0.394 e. The zero-order valence-electron chi connectivity index (χ0n) is 11.0. The first-order valence-corrected chi connectivity index (χ1v) is 8.01. The number of nitriles is 1.